The number of nitriles is 1. The highest BCUT2D eigenvalue weighted by atomic mass is 32.2. The van der Waals surface area contributed by atoms with Crippen LogP contribution in [0.3, 0.4) is 0 Å². The molecule has 2 amide bonds. The largest absolute Gasteiger partial charge is 0.343 e. The summed E-state index contributed by atoms with van der Waals surface area (Å²) in [5.74, 6) is 0.248. The van der Waals surface area contributed by atoms with E-state index in [9.17, 15) is 20.1 Å². The summed E-state index contributed by atoms with van der Waals surface area (Å²) in [6.07, 6.45) is 3.01. The number of carbonyl (C=O) groups excluding carboxylic acids is 2. The average Bonchev–Trinajstić information content (AvgIpc) is 3.55. The number of fused-ring (bicyclic) bond motifs is 1. The summed E-state index contributed by atoms with van der Waals surface area (Å²) in [5, 5.41) is 22.5. The second kappa shape index (κ2) is 15.6. The normalized spacial score (nSPS) is 17.9. The van der Waals surface area contributed by atoms with Gasteiger partial charge >= 0.3 is 0 Å². The SMILES string of the molecule is CC1(C)CC(C#N)N(C(=O)CNC(=O)C2=C[NH+](O)c3ccc(-c4ccc(SCCCN)cc4)cc32)C1.Cc1ccc(SO)cc1. The molecule has 0 spiro atoms. The predicted octanol–water partition coefficient (Wildman–Crippen LogP) is 4.88. The van der Waals surface area contributed by atoms with Crippen LogP contribution in [0.1, 0.15) is 37.8 Å². The average molecular weight is 647 g/mol. The molecule has 45 heavy (non-hydrogen) atoms. The predicted molar refractivity (Wildman–Crippen MR) is 179 cm³/mol. The van der Waals surface area contributed by atoms with Crippen LogP contribution < -0.4 is 16.1 Å². The molecular weight excluding hydrogens is 607 g/mol. The van der Waals surface area contributed by atoms with Gasteiger partial charge in [-0.3, -0.25) is 9.59 Å². The van der Waals surface area contributed by atoms with E-state index in [1.807, 2.05) is 69.3 Å². The maximum atomic E-state index is 13.0. The van der Waals surface area contributed by atoms with Crippen LogP contribution in [0, 0.1) is 23.7 Å². The summed E-state index contributed by atoms with van der Waals surface area (Å²) in [7, 11) is 0. The molecule has 5 rings (SSSR count). The van der Waals surface area contributed by atoms with Gasteiger partial charge in [0.05, 0.1) is 18.2 Å². The van der Waals surface area contributed by atoms with E-state index in [1.54, 1.807) is 17.8 Å². The molecule has 2 heterocycles. The van der Waals surface area contributed by atoms with Crippen LogP contribution in [-0.2, 0) is 9.59 Å². The van der Waals surface area contributed by atoms with Gasteiger partial charge in [0, 0.05) is 34.4 Å². The Morgan fingerprint density at radius 2 is 1.76 bits per heavy atom. The maximum Gasteiger partial charge on any atom is 0.258 e. The van der Waals surface area contributed by atoms with E-state index < -0.39 is 11.9 Å². The van der Waals surface area contributed by atoms with Gasteiger partial charge in [0.2, 0.25) is 5.91 Å². The summed E-state index contributed by atoms with van der Waals surface area (Å²) < 4.78 is 8.55. The van der Waals surface area contributed by atoms with Crippen LogP contribution in [-0.4, -0.2) is 57.9 Å². The third kappa shape index (κ3) is 8.98. The van der Waals surface area contributed by atoms with Crippen LogP contribution in [0.4, 0.5) is 5.69 Å². The highest BCUT2D eigenvalue weighted by molar-refractivity contribution is 7.99. The van der Waals surface area contributed by atoms with Gasteiger partial charge in [-0.1, -0.05) is 43.7 Å². The third-order valence-corrected chi connectivity index (χ3v) is 9.21. The minimum atomic E-state index is -0.485. The highest BCUT2D eigenvalue weighted by Gasteiger charge is 2.40. The fourth-order valence-electron chi connectivity index (χ4n) is 5.27. The number of rotatable bonds is 9. The van der Waals surface area contributed by atoms with Crippen molar-refractivity contribution in [2.75, 3.05) is 25.4 Å². The Labute approximate surface area is 273 Å². The van der Waals surface area contributed by atoms with Crippen molar-refractivity contribution in [3.63, 3.8) is 0 Å². The number of thioether (sulfide) groups is 1. The summed E-state index contributed by atoms with van der Waals surface area (Å²) in [4.78, 5) is 29.4. The van der Waals surface area contributed by atoms with Crippen molar-refractivity contribution in [3.05, 3.63) is 84.1 Å². The van der Waals surface area contributed by atoms with E-state index in [4.69, 9.17) is 10.3 Å². The van der Waals surface area contributed by atoms with E-state index in [0.717, 1.165) is 40.2 Å². The second-order valence-corrected chi connectivity index (χ2v) is 13.7. The number of nitrogens with two attached hydrogens (primary N) is 1. The van der Waals surface area contributed by atoms with E-state index in [1.165, 1.54) is 21.6 Å². The zero-order valence-electron chi connectivity index (χ0n) is 25.7. The first kappa shape index (κ1) is 34.2. The van der Waals surface area contributed by atoms with Crippen molar-refractivity contribution in [2.24, 2.45) is 11.1 Å². The first-order valence-corrected chi connectivity index (χ1v) is 16.5. The van der Waals surface area contributed by atoms with Gasteiger partial charge in [-0.05, 0) is 85.0 Å². The minimum Gasteiger partial charge on any atom is -0.343 e. The van der Waals surface area contributed by atoms with Gasteiger partial charge in [0.1, 0.15) is 17.8 Å². The Kier molecular flexibility index (Phi) is 11.9. The second-order valence-electron chi connectivity index (χ2n) is 11.8. The molecule has 1 saturated heterocycles. The number of nitrogens with one attached hydrogen (secondary N) is 2. The lowest BCUT2D eigenvalue weighted by Gasteiger charge is -2.21. The summed E-state index contributed by atoms with van der Waals surface area (Å²) in [6.45, 7) is 7.02. The van der Waals surface area contributed by atoms with Crippen molar-refractivity contribution < 1.29 is 24.4 Å². The van der Waals surface area contributed by atoms with Crippen molar-refractivity contribution in [2.45, 2.75) is 49.4 Å². The molecular formula is C34H40N5O4S2+. The lowest BCUT2D eigenvalue weighted by Crippen LogP contribution is -2.98. The number of hydrogen-bond acceptors (Lipinski definition) is 8. The summed E-state index contributed by atoms with van der Waals surface area (Å²) in [6, 6.07) is 23.2. The molecule has 2 atom stereocenters. The minimum absolute atomic E-state index is 0.0190. The van der Waals surface area contributed by atoms with Gasteiger partial charge in [-0.15, -0.1) is 16.8 Å². The van der Waals surface area contributed by atoms with Gasteiger partial charge < -0.3 is 20.5 Å². The Hall–Kier alpha value is -3.63. The standard InChI is InChI=1S/C27H31N5O3S.C7H8OS/c1-27(2)13-20(14-29)31(17-27)25(33)15-30-26(34)23-16-32(35)24-9-6-19(12-22(23)24)18-4-7-21(8-5-18)36-11-3-10-28;1-6-2-4-7(9-8)5-3-6/h4-9,12,16,20,35H,3,10-11,13,15,17,28H2,1-2H3,(H,30,34);2-5,8H,1H3/p+1. The number of nitrogens with zero attached hydrogens (tertiary/aromatic N) is 2. The molecule has 6 N–H and O–H groups in total. The Balaban J connectivity index is 0.000000440. The monoisotopic (exact) mass is 646 g/mol. The van der Waals surface area contributed by atoms with E-state index in [2.05, 4.69) is 23.5 Å². The van der Waals surface area contributed by atoms with E-state index in [-0.39, 0.29) is 22.9 Å². The molecule has 11 heteroatoms. The Bertz CT molecular complexity index is 1570. The number of likely N-dealkylation sites (tertiary alicyclic amines) is 1. The fraction of sp³-hybridized carbons (Fsp3) is 0.324. The molecule has 0 bridgehead atoms. The van der Waals surface area contributed by atoms with Gasteiger partial charge in [-0.25, -0.2) is 5.21 Å². The Morgan fingerprint density at radius 1 is 1.09 bits per heavy atom. The number of hydroxylamine groups is 1. The fourth-order valence-corrected chi connectivity index (χ4v) is 6.40. The molecule has 0 radical (unpaired) electrons. The number of aryl methyl sites for hydroxylation is 1. The molecule has 236 valence electrons. The number of quaternary nitrogens is 1. The number of hydrogen-bond donors (Lipinski definition) is 5. The molecule has 0 saturated carbocycles. The van der Waals surface area contributed by atoms with E-state index >= 15 is 0 Å². The first-order valence-electron chi connectivity index (χ1n) is 14.8. The summed E-state index contributed by atoms with van der Waals surface area (Å²) in [5.41, 5.74) is 10.1. The third-order valence-electron chi connectivity index (χ3n) is 7.63. The van der Waals surface area contributed by atoms with Crippen molar-refractivity contribution in [1.29, 1.82) is 5.26 Å². The zero-order valence-corrected chi connectivity index (χ0v) is 27.4. The number of amides is 2. The van der Waals surface area contributed by atoms with Crippen LogP contribution in [0.25, 0.3) is 16.7 Å². The molecule has 9 nitrogen and oxygen atoms in total. The van der Waals surface area contributed by atoms with Gasteiger partial charge in [0.25, 0.3) is 5.91 Å². The maximum absolute atomic E-state index is 13.0. The van der Waals surface area contributed by atoms with E-state index in [0.29, 0.717) is 36.3 Å². The topological polar surface area (TPSA) is 144 Å². The van der Waals surface area contributed by atoms with Crippen molar-refractivity contribution in [1.82, 2.24) is 10.2 Å². The zero-order chi connectivity index (χ0) is 32.6. The molecule has 0 aromatic heterocycles. The first-order chi connectivity index (χ1) is 21.5. The number of carbonyl (C=O) groups is 2. The van der Waals surface area contributed by atoms with Gasteiger partial charge in [0.15, 0.2) is 5.69 Å². The van der Waals surface area contributed by atoms with Crippen LogP contribution in [0.2, 0.25) is 0 Å². The van der Waals surface area contributed by atoms with Gasteiger partial charge in [-0.2, -0.15) is 5.26 Å². The molecule has 2 aliphatic heterocycles. The van der Waals surface area contributed by atoms with Crippen LogP contribution >= 0.6 is 23.8 Å². The molecule has 2 unspecified atom stereocenters. The molecule has 3 aromatic carbocycles. The Morgan fingerprint density at radius 3 is 2.40 bits per heavy atom. The van der Waals surface area contributed by atoms with Crippen molar-refractivity contribution in [3.8, 4) is 17.2 Å². The molecule has 2 aliphatic rings. The molecule has 0 aliphatic carbocycles. The van der Waals surface area contributed by atoms with Crippen LogP contribution in [0.5, 0.6) is 0 Å². The summed E-state index contributed by atoms with van der Waals surface area (Å²) >= 11 is 2.54. The lowest BCUT2D eigenvalue weighted by atomic mass is 9.91. The smallest absolute Gasteiger partial charge is 0.258 e. The molecule has 1 fully saturated rings. The quantitative estimate of drug-likeness (QED) is 0.126. The highest BCUT2D eigenvalue weighted by Crippen LogP contribution is 2.34. The van der Waals surface area contributed by atoms with Crippen molar-refractivity contribution >= 4 is 46.9 Å². The molecule has 3 aromatic rings. The number of benzene rings is 3. The van der Waals surface area contributed by atoms with Crippen LogP contribution in [0.15, 0.2) is 82.7 Å². The lowest BCUT2D eigenvalue weighted by molar-refractivity contribution is -0.987.